The molecule has 1 N–H and O–H groups in total. The molecular formula is C11H19N5. The third-order valence-corrected chi connectivity index (χ3v) is 3.23. The fraction of sp³-hybridized carbons (Fsp3) is 0.909. The van der Waals surface area contributed by atoms with Crippen molar-refractivity contribution < 1.29 is 0 Å². The molecule has 3 unspecified atom stereocenters. The second-order valence-electron chi connectivity index (χ2n) is 4.55. The molecule has 0 bridgehead atoms. The van der Waals surface area contributed by atoms with Crippen LogP contribution in [0.25, 0.3) is 10.4 Å². The van der Waals surface area contributed by atoms with Crippen LogP contribution in [0.5, 0.6) is 0 Å². The zero-order chi connectivity index (χ0) is 11.8. The Morgan fingerprint density at radius 1 is 1.62 bits per heavy atom. The second-order valence-corrected chi connectivity index (χ2v) is 4.55. The first-order valence-corrected chi connectivity index (χ1v) is 5.91. The van der Waals surface area contributed by atoms with E-state index < -0.39 is 0 Å². The smallest absolute Gasteiger partial charge is 0.0981 e. The maximum absolute atomic E-state index is 9.11. The van der Waals surface area contributed by atoms with Gasteiger partial charge in [0.1, 0.15) is 0 Å². The van der Waals surface area contributed by atoms with Gasteiger partial charge in [0, 0.05) is 18.0 Å². The Kier molecular flexibility index (Phi) is 5.69. The summed E-state index contributed by atoms with van der Waals surface area (Å²) < 4.78 is 0. The minimum Gasteiger partial charge on any atom is -0.302 e. The first-order valence-electron chi connectivity index (χ1n) is 5.91. The van der Waals surface area contributed by atoms with Crippen LogP contribution in [0.3, 0.4) is 0 Å². The van der Waals surface area contributed by atoms with Crippen LogP contribution in [0, 0.1) is 23.2 Å². The van der Waals surface area contributed by atoms with Crippen LogP contribution in [0.2, 0.25) is 0 Å². The molecule has 88 valence electrons. The van der Waals surface area contributed by atoms with Crippen LogP contribution in [0.1, 0.15) is 32.6 Å². The standard InChI is InChI=1S/C11H19N5/c1-9-3-2-4-10(7-9)11(8-12)14-5-6-15-16-13/h9-11,14H,2-7H2,1H3. The van der Waals surface area contributed by atoms with Crippen LogP contribution in [-0.4, -0.2) is 19.1 Å². The molecule has 3 atom stereocenters. The predicted molar refractivity (Wildman–Crippen MR) is 62.5 cm³/mol. The van der Waals surface area contributed by atoms with E-state index in [9.17, 15) is 0 Å². The van der Waals surface area contributed by atoms with E-state index in [-0.39, 0.29) is 6.04 Å². The highest BCUT2D eigenvalue weighted by Crippen LogP contribution is 2.30. The van der Waals surface area contributed by atoms with Gasteiger partial charge in [-0.2, -0.15) is 5.26 Å². The Labute approximate surface area is 96.5 Å². The van der Waals surface area contributed by atoms with Crippen LogP contribution in [-0.2, 0) is 0 Å². The summed E-state index contributed by atoms with van der Waals surface area (Å²) >= 11 is 0. The SMILES string of the molecule is CC1CCCC(C(C#N)NCCN=[N+]=[N-])C1. The van der Waals surface area contributed by atoms with Crippen molar-refractivity contribution in [3.63, 3.8) is 0 Å². The first kappa shape index (κ1) is 12.8. The number of nitrogens with zero attached hydrogens (tertiary/aromatic N) is 4. The third kappa shape index (κ3) is 4.09. The van der Waals surface area contributed by atoms with E-state index in [4.69, 9.17) is 10.8 Å². The highest BCUT2D eigenvalue weighted by atomic mass is 15.1. The lowest BCUT2D eigenvalue weighted by molar-refractivity contribution is 0.249. The van der Waals surface area contributed by atoms with E-state index in [0.717, 1.165) is 18.8 Å². The fourth-order valence-electron chi connectivity index (χ4n) is 2.42. The van der Waals surface area contributed by atoms with E-state index in [1.54, 1.807) is 0 Å². The minimum absolute atomic E-state index is 0.0864. The molecule has 1 aliphatic carbocycles. The molecule has 1 aliphatic rings. The number of nitrogens with one attached hydrogen (secondary N) is 1. The van der Waals surface area contributed by atoms with Crippen LogP contribution >= 0.6 is 0 Å². The molecule has 0 heterocycles. The van der Waals surface area contributed by atoms with Crippen molar-refractivity contribution >= 4 is 0 Å². The van der Waals surface area contributed by atoms with Crippen molar-refractivity contribution in [2.45, 2.75) is 38.6 Å². The minimum atomic E-state index is -0.0864. The molecule has 1 rings (SSSR count). The monoisotopic (exact) mass is 221 g/mol. The maximum atomic E-state index is 9.11. The van der Waals surface area contributed by atoms with Crippen molar-refractivity contribution in [2.75, 3.05) is 13.1 Å². The highest BCUT2D eigenvalue weighted by molar-refractivity contribution is 4.96. The first-order chi connectivity index (χ1) is 7.77. The summed E-state index contributed by atoms with van der Waals surface area (Å²) in [5.74, 6) is 1.19. The van der Waals surface area contributed by atoms with E-state index in [2.05, 4.69) is 28.3 Å². The number of rotatable bonds is 5. The number of hydrogen-bond donors (Lipinski definition) is 1. The molecule has 5 heteroatoms. The van der Waals surface area contributed by atoms with Gasteiger partial charge in [0.05, 0.1) is 12.1 Å². The third-order valence-electron chi connectivity index (χ3n) is 3.23. The molecular weight excluding hydrogens is 202 g/mol. The van der Waals surface area contributed by atoms with Gasteiger partial charge < -0.3 is 5.32 Å². The van der Waals surface area contributed by atoms with Crippen LogP contribution < -0.4 is 5.32 Å². The van der Waals surface area contributed by atoms with Crippen LogP contribution in [0.4, 0.5) is 0 Å². The van der Waals surface area contributed by atoms with Gasteiger partial charge in [0.15, 0.2) is 0 Å². The number of nitriles is 1. The van der Waals surface area contributed by atoms with Gasteiger partial charge in [0.2, 0.25) is 0 Å². The van der Waals surface area contributed by atoms with Gasteiger partial charge in [-0.15, -0.1) is 0 Å². The summed E-state index contributed by atoms with van der Waals surface area (Å²) in [6.07, 6.45) is 4.78. The summed E-state index contributed by atoms with van der Waals surface area (Å²) in [5.41, 5.74) is 8.14. The van der Waals surface area contributed by atoms with Crippen molar-refractivity contribution in [3.8, 4) is 6.07 Å². The Morgan fingerprint density at radius 2 is 2.44 bits per heavy atom. The van der Waals surface area contributed by atoms with E-state index in [1.807, 2.05) is 0 Å². The van der Waals surface area contributed by atoms with E-state index in [1.165, 1.54) is 12.8 Å². The summed E-state index contributed by atoms with van der Waals surface area (Å²) in [5, 5.41) is 15.7. The summed E-state index contributed by atoms with van der Waals surface area (Å²) in [7, 11) is 0. The number of hydrogen-bond acceptors (Lipinski definition) is 3. The lowest BCUT2D eigenvalue weighted by atomic mass is 9.79. The summed E-state index contributed by atoms with van der Waals surface area (Å²) in [6.45, 7) is 3.25. The molecule has 1 saturated carbocycles. The zero-order valence-corrected chi connectivity index (χ0v) is 9.76. The zero-order valence-electron chi connectivity index (χ0n) is 9.76. The molecule has 0 aromatic carbocycles. The average Bonchev–Trinajstić information content (AvgIpc) is 2.29. The lowest BCUT2D eigenvalue weighted by Crippen LogP contribution is -2.38. The second kappa shape index (κ2) is 7.10. The van der Waals surface area contributed by atoms with Gasteiger partial charge in [-0.25, -0.2) is 0 Å². The Balaban J connectivity index is 2.35. The van der Waals surface area contributed by atoms with Crippen molar-refractivity contribution in [3.05, 3.63) is 10.4 Å². The molecule has 0 aromatic rings. The predicted octanol–water partition coefficient (Wildman–Crippen LogP) is 2.60. The highest BCUT2D eigenvalue weighted by Gasteiger charge is 2.25. The fourth-order valence-corrected chi connectivity index (χ4v) is 2.42. The van der Waals surface area contributed by atoms with E-state index >= 15 is 0 Å². The Bertz CT molecular complexity index is 289. The molecule has 0 radical (unpaired) electrons. The summed E-state index contributed by atoms with van der Waals surface area (Å²) in [4.78, 5) is 2.69. The molecule has 0 aliphatic heterocycles. The molecule has 0 amide bonds. The molecule has 0 saturated heterocycles. The van der Waals surface area contributed by atoms with E-state index in [0.29, 0.717) is 19.0 Å². The van der Waals surface area contributed by atoms with Gasteiger partial charge in [-0.05, 0) is 30.2 Å². The summed E-state index contributed by atoms with van der Waals surface area (Å²) in [6, 6.07) is 2.24. The Morgan fingerprint density at radius 3 is 3.06 bits per heavy atom. The van der Waals surface area contributed by atoms with Crippen molar-refractivity contribution in [1.82, 2.24) is 5.32 Å². The Hall–Kier alpha value is -1.24. The van der Waals surface area contributed by atoms with Crippen molar-refractivity contribution in [2.24, 2.45) is 17.0 Å². The molecule has 16 heavy (non-hydrogen) atoms. The van der Waals surface area contributed by atoms with Gasteiger partial charge in [0.25, 0.3) is 0 Å². The van der Waals surface area contributed by atoms with Gasteiger partial charge in [-0.1, -0.05) is 24.9 Å². The number of azide groups is 1. The normalized spacial score (nSPS) is 26.5. The maximum Gasteiger partial charge on any atom is 0.0981 e. The molecule has 0 spiro atoms. The average molecular weight is 221 g/mol. The van der Waals surface area contributed by atoms with Gasteiger partial charge >= 0.3 is 0 Å². The topological polar surface area (TPSA) is 84.6 Å². The van der Waals surface area contributed by atoms with Crippen molar-refractivity contribution in [1.29, 1.82) is 5.26 Å². The lowest BCUT2D eigenvalue weighted by Gasteiger charge is -2.30. The van der Waals surface area contributed by atoms with Crippen LogP contribution in [0.15, 0.2) is 5.11 Å². The molecule has 1 fully saturated rings. The molecule has 0 aromatic heterocycles. The molecule has 5 nitrogen and oxygen atoms in total. The van der Waals surface area contributed by atoms with Gasteiger partial charge in [-0.3, -0.25) is 0 Å². The quantitative estimate of drug-likeness (QED) is 0.335. The largest absolute Gasteiger partial charge is 0.302 e.